The van der Waals surface area contributed by atoms with Crippen LogP contribution in [0.4, 0.5) is 14.5 Å². The number of hydrogen-bond acceptors (Lipinski definition) is 2. The summed E-state index contributed by atoms with van der Waals surface area (Å²) < 4.78 is 32.5. The molecular weight excluding hydrogens is 236 g/mol. The zero-order valence-electron chi connectivity index (χ0n) is 9.91. The summed E-state index contributed by atoms with van der Waals surface area (Å²) in [7, 11) is 0. The van der Waals surface area contributed by atoms with E-state index in [4.69, 9.17) is 10.5 Å². The van der Waals surface area contributed by atoms with Gasteiger partial charge in [-0.05, 0) is 12.5 Å². The van der Waals surface area contributed by atoms with Crippen LogP contribution >= 0.6 is 0 Å². The topological polar surface area (TPSA) is 35.2 Å². The molecule has 2 nitrogen and oxygen atoms in total. The highest BCUT2D eigenvalue weighted by Gasteiger charge is 2.15. The maximum Gasteiger partial charge on any atom is 0.167 e. The summed E-state index contributed by atoms with van der Waals surface area (Å²) in [5.74, 6) is -1.38. The third-order valence-electron chi connectivity index (χ3n) is 2.65. The minimum absolute atomic E-state index is 0.0865. The molecule has 4 heteroatoms. The van der Waals surface area contributed by atoms with Crippen LogP contribution in [0, 0.1) is 18.6 Å². The lowest BCUT2D eigenvalue weighted by molar-refractivity contribution is 0.286. The Labute approximate surface area is 104 Å². The predicted octanol–water partition coefficient (Wildman–Crippen LogP) is 3.43. The van der Waals surface area contributed by atoms with Crippen molar-refractivity contribution in [1.82, 2.24) is 0 Å². The number of rotatable bonds is 3. The molecule has 0 saturated carbocycles. The molecule has 0 radical (unpaired) electrons. The van der Waals surface area contributed by atoms with E-state index in [0.717, 1.165) is 11.6 Å². The average molecular weight is 249 g/mol. The van der Waals surface area contributed by atoms with E-state index in [-0.39, 0.29) is 23.6 Å². The highest BCUT2D eigenvalue weighted by atomic mass is 19.1. The Balaban J connectivity index is 2.22. The molecule has 0 amide bonds. The van der Waals surface area contributed by atoms with Crippen molar-refractivity contribution in [2.24, 2.45) is 0 Å². The lowest BCUT2D eigenvalue weighted by atomic mass is 10.1. The fourth-order valence-electron chi connectivity index (χ4n) is 1.67. The number of halogens is 2. The molecule has 94 valence electrons. The normalized spacial score (nSPS) is 10.4. The first kappa shape index (κ1) is 12.4. The van der Waals surface area contributed by atoms with Gasteiger partial charge >= 0.3 is 0 Å². The van der Waals surface area contributed by atoms with Gasteiger partial charge in [0.2, 0.25) is 0 Å². The average Bonchev–Trinajstić information content (AvgIpc) is 2.37. The summed E-state index contributed by atoms with van der Waals surface area (Å²) in [6, 6.07) is 10.2. The molecule has 2 N–H and O–H groups in total. The molecule has 0 heterocycles. The van der Waals surface area contributed by atoms with Gasteiger partial charge in [-0.25, -0.2) is 8.78 Å². The Kier molecular flexibility index (Phi) is 3.46. The van der Waals surface area contributed by atoms with E-state index >= 15 is 0 Å². The third kappa shape index (κ3) is 2.42. The zero-order chi connectivity index (χ0) is 13.1. The van der Waals surface area contributed by atoms with E-state index in [0.29, 0.717) is 0 Å². The minimum atomic E-state index is -0.651. The minimum Gasteiger partial charge on any atom is -0.485 e. The Hall–Kier alpha value is -2.10. The number of nitrogens with two attached hydrogens (primary N) is 1. The lowest BCUT2D eigenvalue weighted by Crippen LogP contribution is -2.03. The summed E-state index contributed by atoms with van der Waals surface area (Å²) in [6.45, 7) is 1.62. The summed E-state index contributed by atoms with van der Waals surface area (Å²) in [6.07, 6.45) is 0. The van der Waals surface area contributed by atoms with Crippen molar-refractivity contribution in [1.29, 1.82) is 0 Å². The Morgan fingerprint density at radius 3 is 2.50 bits per heavy atom. The predicted molar refractivity (Wildman–Crippen MR) is 66.3 cm³/mol. The van der Waals surface area contributed by atoms with Gasteiger partial charge in [-0.1, -0.05) is 30.3 Å². The summed E-state index contributed by atoms with van der Waals surface area (Å²) in [4.78, 5) is 0. The van der Waals surface area contributed by atoms with Crippen molar-refractivity contribution >= 4 is 5.69 Å². The highest BCUT2D eigenvalue weighted by molar-refractivity contribution is 5.50. The fraction of sp³-hybridized carbons (Fsp3) is 0.143. The van der Waals surface area contributed by atoms with E-state index in [1.165, 1.54) is 6.92 Å². The highest BCUT2D eigenvalue weighted by Crippen LogP contribution is 2.29. The van der Waals surface area contributed by atoms with E-state index in [1.807, 2.05) is 30.3 Å². The monoisotopic (exact) mass is 249 g/mol. The molecule has 2 aromatic carbocycles. The van der Waals surface area contributed by atoms with Crippen molar-refractivity contribution in [3.05, 3.63) is 59.2 Å². The molecule has 0 unspecified atom stereocenters. The van der Waals surface area contributed by atoms with Crippen LogP contribution in [0.5, 0.6) is 5.75 Å². The van der Waals surface area contributed by atoms with Gasteiger partial charge in [0.15, 0.2) is 17.4 Å². The van der Waals surface area contributed by atoms with Gasteiger partial charge in [-0.15, -0.1) is 0 Å². The molecular formula is C14H13F2NO. The van der Waals surface area contributed by atoms with Crippen LogP contribution in [0.25, 0.3) is 0 Å². The van der Waals surface area contributed by atoms with E-state index < -0.39 is 11.6 Å². The lowest BCUT2D eigenvalue weighted by Gasteiger charge is -2.12. The van der Waals surface area contributed by atoms with Gasteiger partial charge in [0.05, 0.1) is 5.69 Å². The van der Waals surface area contributed by atoms with Crippen LogP contribution in [0.15, 0.2) is 36.4 Å². The summed E-state index contributed by atoms with van der Waals surface area (Å²) in [5, 5.41) is 0. The second kappa shape index (κ2) is 5.04. The van der Waals surface area contributed by atoms with Crippen LogP contribution in [0.1, 0.15) is 11.1 Å². The molecule has 18 heavy (non-hydrogen) atoms. The van der Waals surface area contributed by atoms with E-state index in [1.54, 1.807) is 0 Å². The van der Waals surface area contributed by atoms with Crippen molar-refractivity contribution in [3.63, 3.8) is 0 Å². The van der Waals surface area contributed by atoms with E-state index in [9.17, 15) is 8.78 Å². The summed E-state index contributed by atoms with van der Waals surface area (Å²) >= 11 is 0. The largest absolute Gasteiger partial charge is 0.485 e. The first-order chi connectivity index (χ1) is 8.59. The first-order valence-corrected chi connectivity index (χ1v) is 5.50. The number of benzene rings is 2. The van der Waals surface area contributed by atoms with Crippen molar-refractivity contribution in [2.75, 3.05) is 5.73 Å². The molecule has 0 aliphatic rings. The molecule has 0 aromatic heterocycles. The van der Waals surface area contributed by atoms with Gasteiger partial charge in [-0.3, -0.25) is 0 Å². The van der Waals surface area contributed by atoms with Gasteiger partial charge in [0.25, 0.3) is 0 Å². The van der Waals surface area contributed by atoms with Gasteiger partial charge in [-0.2, -0.15) is 0 Å². The molecule has 2 aromatic rings. The molecule has 0 atom stereocenters. The molecule has 0 bridgehead atoms. The van der Waals surface area contributed by atoms with Crippen molar-refractivity contribution < 1.29 is 13.5 Å². The molecule has 0 fully saturated rings. The molecule has 0 spiro atoms. The van der Waals surface area contributed by atoms with Crippen LogP contribution in [-0.2, 0) is 6.61 Å². The van der Waals surface area contributed by atoms with Crippen molar-refractivity contribution in [2.45, 2.75) is 13.5 Å². The first-order valence-electron chi connectivity index (χ1n) is 5.50. The SMILES string of the molecule is Cc1c(F)c(N)cc(F)c1OCc1ccccc1. The second-order valence-corrected chi connectivity index (χ2v) is 3.99. The molecule has 0 saturated heterocycles. The van der Waals surface area contributed by atoms with Crippen LogP contribution in [-0.4, -0.2) is 0 Å². The molecule has 0 aliphatic heterocycles. The van der Waals surface area contributed by atoms with Crippen LogP contribution < -0.4 is 10.5 Å². The molecule has 0 aliphatic carbocycles. The van der Waals surface area contributed by atoms with Crippen LogP contribution in [0.2, 0.25) is 0 Å². The van der Waals surface area contributed by atoms with Crippen LogP contribution in [0.3, 0.4) is 0 Å². The fourth-order valence-corrected chi connectivity index (χ4v) is 1.67. The quantitative estimate of drug-likeness (QED) is 0.846. The zero-order valence-corrected chi connectivity index (χ0v) is 9.91. The number of anilines is 1. The second-order valence-electron chi connectivity index (χ2n) is 3.99. The maximum absolute atomic E-state index is 13.6. The van der Waals surface area contributed by atoms with Gasteiger partial charge in [0.1, 0.15) is 6.61 Å². The third-order valence-corrected chi connectivity index (χ3v) is 2.65. The van der Waals surface area contributed by atoms with Gasteiger partial charge in [0, 0.05) is 11.6 Å². The number of ether oxygens (including phenoxy) is 1. The standard InChI is InChI=1S/C14H13F2NO/c1-9-13(16)12(17)7-11(15)14(9)18-8-10-5-3-2-4-6-10/h2-7H,8,17H2,1H3. The smallest absolute Gasteiger partial charge is 0.167 e. The maximum atomic E-state index is 13.6. The number of hydrogen-bond donors (Lipinski definition) is 1. The summed E-state index contributed by atoms with van der Waals surface area (Å²) in [5.41, 5.74) is 6.09. The number of nitrogen functional groups attached to an aromatic ring is 1. The van der Waals surface area contributed by atoms with E-state index in [2.05, 4.69) is 0 Å². The van der Waals surface area contributed by atoms with Gasteiger partial charge < -0.3 is 10.5 Å². The Morgan fingerprint density at radius 2 is 1.83 bits per heavy atom. The molecule has 2 rings (SSSR count). The Bertz CT molecular complexity index is 555. The van der Waals surface area contributed by atoms with Crippen molar-refractivity contribution in [3.8, 4) is 5.75 Å². The Morgan fingerprint density at radius 1 is 1.17 bits per heavy atom.